The molecule has 0 aliphatic heterocycles. The summed E-state index contributed by atoms with van der Waals surface area (Å²) in [6.07, 6.45) is 0.864. The van der Waals surface area contributed by atoms with Crippen molar-refractivity contribution in [3.05, 3.63) is 29.8 Å². The van der Waals surface area contributed by atoms with Crippen LogP contribution in [0.4, 0.5) is 0 Å². The molecule has 0 saturated heterocycles. The summed E-state index contributed by atoms with van der Waals surface area (Å²) >= 11 is 0. The van der Waals surface area contributed by atoms with Crippen LogP contribution < -0.4 is 0 Å². The molecule has 1 heteroatoms. The van der Waals surface area contributed by atoms with E-state index in [1.165, 1.54) is 0 Å². The topological polar surface area (TPSA) is 20.2 Å². The summed E-state index contributed by atoms with van der Waals surface area (Å²) in [6, 6.07) is 8.05. The largest absolute Gasteiger partial charge is 0.508 e. The lowest BCUT2D eigenvalue weighted by molar-refractivity contribution is 0.469. The van der Waals surface area contributed by atoms with Crippen molar-refractivity contribution in [2.75, 3.05) is 0 Å². The molecule has 1 aromatic carbocycles. The molecular formula is C8H9O. The lowest BCUT2D eigenvalue weighted by atomic mass is 10.1. The van der Waals surface area contributed by atoms with E-state index >= 15 is 0 Å². The van der Waals surface area contributed by atoms with Crippen molar-refractivity contribution in [1.29, 1.82) is 0 Å². The average molecular weight is 121 g/mol. The third-order valence-electron chi connectivity index (χ3n) is 1.30. The van der Waals surface area contributed by atoms with Crippen molar-refractivity contribution in [3.8, 4) is 5.75 Å². The van der Waals surface area contributed by atoms with Gasteiger partial charge in [0.05, 0.1) is 0 Å². The number of rotatable bonds is 1. The number of hydrogen-bond donors (Lipinski definition) is 1. The predicted molar refractivity (Wildman–Crippen MR) is 36.3 cm³/mol. The Morgan fingerprint density at radius 2 is 2.44 bits per heavy atom. The van der Waals surface area contributed by atoms with Crippen LogP contribution in [0.25, 0.3) is 0 Å². The fourth-order valence-corrected chi connectivity index (χ4v) is 0.740. The Labute approximate surface area is 55.0 Å². The summed E-state index contributed by atoms with van der Waals surface area (Å²) in [5, 5.41) is 9.09. The first kappa shape index (κ1) is 6.14. The van der Waals surface area contributed by atoms with E-state index < -0.39 is 0 Å². The highest BCUT2D eigenvalue weighted by Crippen LogP contribution is 2.14. The second kappa shape index (κ2) is 2.53. The minimum absolute atomic E-state index is 0.372. The number of hydrogen-bond acceptors (Lipinski definition) is 1. The molecule has 0 fully saturated rings. The third-order valence-corrected chi connectivity index (χ3v) is 1.30. The van der Waals surface area contributed by atoms with Gasteiger partial charge in [-0.05, 0) is 30.2 Å². The van der Waals surface area contributed by atoms with Crippen LogP contribution >= 0.6 is 0 Å². The van der Waals surface area contributed by atoms with Crippen molar-refractivity contribution in [1.82, 2.24) is 0 Å². The van der Waals surface area contributed by atoms with Crippen molar-refractivity contribution < 1.29 is 5.11 Å². The molecular weight excluding hydrogens is 112 g/mol. The standard InChI is InChI=1S/C8H9O/c1-2-7-5-3-4-6-8(7)9/h4-6,9H,2H2,1H3. The molecule has 0 bridgehead atoms. The van der Waals surface area contributed by atoms with Crippen LogP contribution in [0.5, 0.6) is 5.75 Å². The van der Waals surface area contributed by atoms with Gasteiger partial charge < -0.3 is 5.11 Å². The highest BCUT2D eigenvalue weighted by atomic mass is 16.3. The summed E-state index contributed by atoms with van der Waals surface area (Å²) in [5.74, 6) is 0.372. The van der Waals surface area contributed by atoms with E-state index in [1.54, 1.807) is 18.2 Å². The maximum atomic E-state index is 9.09. The van der Waals surface area contributed by atoms with Crippen LogP contribution in [0, 0.1) is 6.07 Å². The summed E-state index contributed by atoms with van der Waals surface area (Å²) in [6.45, 7) is 2.00. The Morgan fingerprint density at radius 1 is 1.67 bits per heavy atom. The van der Waals surface area contributed by atoms with Crippen LogP contribution in [0.3, 0.4) is 0 Å². The van der Waals surface area contributed by atoms with Crippen molar-refractivity contribution >= 4 is 0 Å². The van der Waals surface area contributed by atoms with E-state index in [0.29, 0.717) is 5.75 Å². The number of aromatic hydroxyl groups is 1. The quantitative estimate of drug-likeness (QED) is 0.600. The van der Waals surface area contributed by atoms with Crippen molar-refractivity contribution in [3.63, 3.8) is 0 Å². The number of benzene rings is 1. The molecule has 1 nitrogen and oxygen atoms in total. The van der Waals surface area contributed by atoms with Gasteiger partial charge in [-0.1, -0.05) is 13.0 Å². The molecule has 9 heavy (non-hydrogen) atoms. The Balaban J connectivity index is 3.01. The van der Waals surface area contributed by atoms with Gasteiger partial charge in [-0.3, -0.25) is 0 Å². The third kappa shape index (κ3) is 1.22. The predicted octanol–water partition coefficient (Wildman–Crippen LogP) is 1.75. The molecule has 0 amide bonds. The molecule has 0 aromatic heterocycles. The number of phenolic OH excluding ortho intramolecular Hbond substituents is 1. The van der Waals surface area contributed by atoms with E-state index in [9.17, 15) is 0 Å². The molecule has 1 radical (unpaired) electrons. The molecule has 0 aliphatic carbocycles. The molecule has 1 aromatic rings. The fraction of sp³-hybridized carbons (Fsp3) is 0.250. The van der Waals surface area contributed by atoms with E-state index in [2.05, 4.69) is 6.07 Å². The molecule has 0 atom stereocenters. The molecule has 1 N–H and O–H groups in total. The molecule has 0 spiro atoms. The zero-order valence-electron chi connectivity index (χ0n) is 5.39. The first-order valence-electron chi connectivity index (χ1n) is 3.02. The molecule has 0 unspecified atom stereocenters. The van der Waals surface area contributed by atoms with E-state index in [4.69, 9.17) is 5.11 Å². The van der Waals surface area contributed by atoms with Crippen LogP contribution in [0.15, 0.2) is 18.2 Å². The molecule has 47 valence electrons. The van der Waals surface area contributed by atoms with Crippen molar-refractivity contribution in [2.24, 2.45) is 0 Å². The Hall–Kier alpha value is -0.980. The van der Waals surface area contributed by atoms with Gasteiger partial charge in [0.25, 0.3) is 0 Å². The minimum atomic E-state index is 0.372. The first-order chi connectivity index (χ1) is 4.34. The fourth-order valence-electron chi connectivity index (χ4n) is 0.740. The van der Waals surface area contributed by atoms with Gasteiger partial charge >= 0.3 is 0 Å². The molecule has 1 rings (SSSR count). The van der Waals surface area contributed by atoms with Gasteiger partial charge in [0.15, 0.2) is 0 Å². The highest BCUT2D eigenvalue weighted by Gasteiger charge is 1.92. The molecule has 0 aliphatic rings. The van der Waals surface area contributed by atoms with Gasteiger partial charge in [0.2, 0.25) is 0 Å². The van der Waals surface area contributed by atoms with Gasteiger partial charge in [-0.2, -0.15) is 0 Å². The average Bonchev–Trinajstić information content (AvgIpc) is 1.89. The SMILES string of the molecule is CCc1c[c]ccc1O. The second-order valence-corrected chi connectivity index (χ2v) is 1.91. The Kier molecular flexibility index (Phi) is 1.73. The van der Waals surface area contributed by atoms with E-state index in [-0.39, 0.29) is 0 Å². The van der Waals surface area contributed by atoms with Crippen LogP contribution in [-0.2, 0) is 6.42 Å². The van der Waals surface area contributed by atoms with Gasteiger partial charge in [0, 0.05) is 0 Å². The zero-order valence-corrected chi connectivity index (χ0v) is 5.39. The lowest BCUT2D eigenvalue weighted by Crippen LogP contribution is -1.78. The highest BCUT2D eigenvalue weighted by molar-refractivity contribution is 5.30. The van der Waals surface area contributed by atoms with E-state index in [1.807, 2.05) is 6.92 Å². The Bertz CT molecular complexity index is 194. The summed E-state index contributed by atoms with van der Waals surface area (Å²) in [5.41, 5.74) is 0.956. The zero-order chi connectivity index (χ0) is 6.69. The number of aryl methyl sites for hydroxylation is 1. The maximum absolute atomic E-state index is 9.09. The maximum Gasteiger partial charge on any atom is 0.118 e. The smallest absolute Gasteiger partial charge is 0.118 e. The number of phenols is 1. The Morgan fingerprint density at radius 3 is 2.89 bits per heavy atom. The van der Waals surface area contributed by atoms with Gasteiger partial charge in [-0.15, -0.1) is 0 Å². The monoisotopic (exact) mass is 121 g/mol. The normalized spacial score (nSPS) is 9.44. The van der Waals surface area contributed by atoms with Gasteiger partial charge in [0.1, 0.15) is 5.75 Å². The van der Waals surface area contributed by atoms with E-state index in [0.717, 1.165) is 12.0 Å². The molecule has 0 saturated carbocycles. The lowest BCUT2D eigenvalue weighted by Gasteiger charge is -1.96. The van der Waals surface area contributed by atoms with Gasteiger partial charge in [-0.25, -0.2) is 0 Å². The van der Waals surface area contributed by atoms with Crippen LogP contribution in [0.1, 0.15) is 12.5 Å². The summed E-state index contributed by atoms with van der Waals surface area (Å²) in [7, 11) is 0. The van der Waals surface area contributed by atoms with Crippen molar-refractivity contribution in [2.45, 2.75) is 13.3 Å². The van der Waals surface area contributed by atoms with Crippen LogP contribution in [0.2, 0.25) is 0 Å². The first-order valence-corrected chi connectivity index (χ1v) is 3.02. The van der Waals surface area contributed by atoms with Crippen LogP contribution in [-0.4, -0.2) is 5.11 Å². The second-order valence-electron chi connectivity index (χ2n) is 1.91. The minimum Gasteiger partial charge on any atom is -0.508 e. The molecule has 0 heterocycles. The summed E-state index contributed by atoms with van der Waals surface area (Å²) < 4.78 is 0. The summed E-state index contributed by atoms with van der Waals surface area (Å²) in [4.78, 5) is 0.